The standard InChI is InChI=1S/C59H92O3/c1-44(2)24-15-25-45(3)26-16-27-46(4)28-17-29-47(5)30-18-31-48(6)32-19-33-49(7)34-20-35-50(8)36-21-37-51(9)38-22-39-52(10)40-23-41-53(11)42-43-56-54(12)57(60)55(13)59(62-14)58(56)61/h24,26,28,30,32,34,36,38,40,42,60-61H,15-23,25,27,29,31,33,35,37,39,41,43H2,1-14H3/b45-26+,46-28+,47-30+,48-32+,49-34+,50-36+,51-38+,52-40+,53-42+. The van der Waals surface area contributed by atoms with Crippen LogP contribution in [0.2, 0.25) is 0 Å². The molecule has 1 rings (SSSR count). The Kier molecular flexibility index (Phi) is 29.5. The maximum Gasteiger partial charge on any atom is 0.167 e. The Morgan fingerprint density at radius 3 is 0.839 bits per heavy atom. The topological polar surface area (TPSA) is 49.7 Å². The Labute approximate surface area is 383 Å². The van der Waals surface area contributed by atoms with Crippen molar-refractivity contribution in [2.45, 2.75) is 212 Å². The van der Waals surface area contributed by atoms with E-state index in [4.69, 9.17) is 4.74 Å². The first-order valence-electron chi connectivity index (χ1n) is 24.1. The molecule has 1 aromatic rings. The van der Waals surface area contributed by atoms with Crippen molar-refractivity contribution in [3.05, 3.63) is 133 Å². The van der Waals surface area contributed by atoms with Gasteiger partial charge in [-0.05, 0) is 218 Å². The Bertz CT molecular complexity index is 1820. The summed E-state index contributed by atoms with van der Waals surface area (Å²) in [6.45, 7) is 28.4. The molecule has 62 heavy (non-hydrogen) atoms. The van der Waals surface area contributed by atoms with Crippen molar-refractivity contribution in [3.8, 4) is 17.2 Å². The number of benzene rings is 1. The fourth-order valence-electron chi connectivity index (χ4n) is 7.68. The van der Waals surface area contributed by atoms with E-state index >= 15 is 0 Å². The van der Waals surface area contributed by atoms with Crippen molar-refractivity contribution >= 4 is 0 Å². The molecule has 0 unspecified atom stereocenters. The molecule has 346 valence electrons. The average molecular weight is 849 g/mol. The summed E-state index contributed by atoms with van der Waals surface area (Å²) >= 11 is 0. The molecule has 0 saturated carbocycles. The van der Waals surface area contributed by atoms with Crippen LogP contribution in [-0.4, -0.2) is 17.3 Å². The van der Waals surface area contributed by atoms with Crippen LogP contribution < -0.4 is 4.74 Å². The molecule has 3 nitrogen and oxygen atoms in total. The molecule has 0 aliphatic heterocycles. The summed E-state index contributed by atoms with van der Waals surface area (Å²) in [4.78, 5) is 0. The second kappa shape index (κ2) is 32.7. The lowest BCUT2D eigenvalue weighted by molar-refractivity contribution is 0.361. The highest BCUT2D eigenvalue weighted by atomic mass is 16.5. The maximum absolute atomic E-state index is 10.7. The van der Waals surface area contributed by atoms with Gasteiger partial charge in [-0.25, -0.2) is 0 Å². The van der Waals surface area contributed by atoms with Crippen LogP contribution in [-0.2, 0) is 6.42 Å². The van der Waals surface area contributed by atoms with E-state index in [1.807, 2.05) is 6.92 Å². The summed E-state index contributed by atoms with van der Waals surface area (Å²) < 4.78 is 5.34. The van der Waals surface area contributed by atoms with E-state index in [2.05, 4.69) is 137 Å². The molecule has 0 aliphatic carbocycles. The molecule has 0 spiro atoms. The second-order valence-electron chi connectivity index (χ2n) is 18.7. The smallest absolute Gasteiger partial charge is 0.167 e. The quantitative estimate of drug-likeness (QED) is 0.0599. The van der Waals surface area contributed by atoms with E-state index in [1.165, 1.54) is 82.1 Å². The molecule has 0 atom stereocenters. The number of hydrogen-bond donors (Lipinski definition) is 2. The molecule has 1 aromatic carbocycles. The van der Waals surface area contributed by atoms with Gasteiger partial charge in [-0.2, -0.15) is 0 Å². The molecule has 0 amide bonds. The zero-order valence-electron chi connectivity index (χ0n) is 42.5. The van der Waals surface area contributed by atoms with Gasteiger partial charge < -0.3 is 14.9 Å². The van der Waals surface area contributed by atoms with E-state index in [1.54, 1.807) is 6.92 Å². The Hall–Kier alpha value is -3.98. The van der Waals surface area contributed by atoms with Gasteiger partial charge in [0.15, 0.2) is 11.5 Å². The van der Waals surface area contributed by atoms with Crippen LogP contribution in [0.3, 0.4) is 0 Å². The minimum Gasteiger partial charge on any atom is -0.507 e. The van der Waals surface area contributed by atoms with Crippen LogP contribution in [0.4, 0.5) is 0 Å². The Morgan fingerprint density at radius 2 is 0.597 bits per heavy atom. The minimum atomic E-state index is 0.128. The molecule has 3 heteroatoms. The summed E-state index contributed by atoms with van der Waals surface area (Å²) in [5.41, 5.74) is 16.7. The van der Waals surface area contributed by atoms with Crippen LogP contribution in [0.1, 0.15) is 208 Å². The van der Waals surface area contributed by atoms with Gasteiger partial charge in [0.25, 0.3) is 0 Å². The molecular weight excluding hydrogens is 757 g/mol. The first-order chi connectivity index (χ1) is 29.4. The van der Waals surface area contributed by atoms with Crippen LogP contribution in [0.5, 0.6) is 17.2 Å². The Balaban J connectivity index is 2.30. The molecule has 0 bridgehead atoms. The second-order valence-corrected chi connectivity index (χ2v) is 18.7. The SMILES string of the molecule is COc1c(C)c(O)c(C)c(C/C=C(\C)CC/C=C(\C)CC/C=C(\C)CC/C=C(\C)CC/C=C(\C)CC/C=C(\C)CC/C=C(\C)CC/C=C(\C)CC/C=C(\C)CCC=C(C)C)c1O. The maximum atomic E-state index is 10.7. The zero-order valence-corrected chi connectivity index (χ0v) is 42.5. The first kappa shape index (κ1) is 56.0. The average Bonchev–Trinajstić information content (AvgIpc) is 3.20. The van der Waals surface area contributed by atoms with Crippen molar-refractivity contribution in [2.75, 3.05) is 7.11 Å². The van der Waals surface area contributed by atoms with Crippen LogP contribution in [0.15, 0.2) is 116 Å². The first-order valence-corrected chi connectivity index (χ1v) is 24.1. The molecule has 0 radical (unpaired) electrons. The van der Waals surface area contributed by atoms with Gasteiger partial charge in [0, 0.05) is 11.1 Å². The number of rotatable bonds is 30. The third kappa shape index (κ3) is 25.8. The van der Waals surface area contributed by atoms with E-state index < -0.39 is 0 Å². The van der Waals surface area contributed by atoms with Gasteiger partial charge in [-0.3, -0.25) is 0 Å². The number of ether oxygens (including phenoxy) is 1. The predicted octanol–water partition coefficient (Wildman–Crippen LogP) is 18.8. The number of methoxy groups -OCH3 is 1. The van der Waals surface area contributed by atoms with E-state index in [0.717, 1.165) is 102 Å². The monoisotopic (exact) mass is 849 g/mol. The number of phenolic OH excluding ortho intramolecular Hbond substituents is 2. The van der Waals surface area contributed by atoms with Crippen LogP contribution in [0.25, 0.3) is 0 Å². The lowest BCUT2D eigenvalue weighted by Crippen LogP contribution is -1.97. The highest BCUT2D eigenvalue weighted by Crippen LogP contribution is 2.42. The molecule has 0 saturated heterocycles. The largest absolute Gasteiger partial charge is 0.507 e. The third-order valence-corrected chi connectivity index (χ3v) is 12.2. The van der Waals surface area contributed by atoms with Crippen LogP contribution in [0, 0.1) is 13.8 Å². The van der Waals surface area contributed by atoms with E-state index in [9.17, 15) is 10.2 Å². The highest BCUT2D eigenvalue weighted by molar-refractivity contribution is 5.61. The zero-order chi connectivity index (χ0) is 46.5. The van der Waals surface area contributed by atoms with Gasteiger partial charge in [-0.15, -0.1) is 0 Å². The molecule has 2 N–H and O–H groups in total. The minimum absolute atomic E-state index is 0.128. The third-order valence-electron chi connectivity index (χ3n) is 12.2. The highest BCUT2D eigenvalue weighted by Gasteiger charge is 2.19. The Morgan fingerprint density at radius 1 is 0.355 bits per heavy atom. The van der Waals surface area contributed by atoms with Gasteiger partial charge in [0.1, 0.15) is 5.75 Å². The molecule has 0 heterocycles. The lowest BCUT2D eigenvalue weighted by Gasteiger charge is -2.16. The fraction of sp³-hybridized carbons (Fsp3) is 0.559. The van der Waals surface area contributed by atoms with Gasteiger partial charge >= 0.3 is 0 Å². The molecule has 0 fully saturated rings. The van der Waals surface area contributed by atoms with Crippen molar-refractivity contribution < 1.29 is 14.9 Å². The summed E-state index contributed by atoms with van der Waals surface area (Å²) in [7, 11) is 1.52. The summed E-state index contributed by atoms with van der Waals surface area (Å²) in [5.74, 6) is 0.676. The van der Waals surface area contributed by atoms with E-state index in [-0.39, 0.29) is 11.5 Å². The van der Waals surface area contributed by atoms with Gasteiger partial charge in [0.05, 0.1) is 7.11 Å². The predicted molar refractivity (Wildman–Crippen MR) is 276 cm³/mol. The number of phenols is 2. The van der Waals surface area contributed by atoms with Crippen molar-refractivity contribution in [3.63, 3.8) is 0 Å². The normalized spacial score (nSPS) is 14.3. The molecule has 0 aromatic heterocycles. The van der Waals surface area contributed by atoms with E-state index in [0.29, 0.717) is 23.3 Å². The summed E-state index contributed by atoms with van der Waals surface area (Å²) in [6.07, 6.45) is 44.9. The van der Waals surface area contributed by atoms with Crippen LogP contribution >= 0.6 is 0 Å². The summed E-state index contributed by atoms with van der Waals surface area (Å²) in [6, 6.07) is 0. The fourth-order valence-corrected chi connectivity index (χ4v) is 7.68. The van der Waals surface area contributed by atoms with Crippen molar-refractivity contribution in [1.29, 1.82) is 0 Å². The van der Waals surface area contributed by atoms with Gasteiger partial charge in [-0.1, -0.05) is 116 Å². The van der Waals surface area contributed by atoms with Crippen molar-refractivity contribution in [2.24, 2.45) is 0 Å². The molecular formula is C59H92O3. The van der Waals surface area contributed by atoms with Gasteiger partial charge in [0.2, 0.25) is 0 Å². The van der Waals surface area contributed by atoms with Crippen molar-refractivity contribution in [1.82, 2.24) is 0 Å². The number of hydrogen-bond acceptors (Lipinski definition) is 3. The number of allylic oxidation sites excluding steroid dienone is 20. The summed E-state index contributed by atoms with van der Waals surface area (Å²) in [5, 5.41) is 21.2. The lowest BCUT2D eigenvalue weighted by atomic mass is 9.97. The number of aromatic hydroxyl groups is 2. The molecule has 0 aliphatic rings.